The highest BCUT2D eigenvalue weighted by Gasteiger charge is 2.30. The van der Waals surface area contributed by atoms with Crippen molar-refractivity contribution in [2.75, 3.05) is 23.3 Å². The standard InChI is InChI=1S/C25H22F3N5O3S/c1-14(34)29-24-32-22-19(5-2-6-20(22)37-24)36-21-12-18(15-7-9-16(10-8-15)25(26,27)28)30-23(31-21)33-11-3-4-17(35)13-33/h2,5-10,12,17,35H,3-4,11,13H2,1H3,(H,29,32,34)/t17-/m0/s1. The highest BCUT2D eigenvalue weighted by Crippen LogP contribution is 2.36. The van der Waals surface area contributed by atoms with Gasteiger partial charge < -0.3 is 20.1 Å². The number of β-amino-alcohol motifs (C(OH)–C–C–N with tert-alkyl or cyclic N) is 1. The number of para-hydroxylation sites is 1. The molecule has 1 atom stereocenters. The number of ether oxygens (including phenoxy) is 1. The van der Waals surface area contributed by atoms with E-state index in [9.17, 15) is 23.1 Å². The number of hydrogen-bond acceptors (Lipinski definition) is 8. The van der Waals surface area contributed by atoms with Crippen molar-refractivity contribution in [3.8, 4) is 22.9 Å². The molecule has 1 amide bonds. The molecule has 2 N–H and O–H groups in total. The molecule has 0 bridgehead atoms. The quantitative estimate of drug-likeness (QED) is 0.353. The molecule has 1 saturated heterocycles. The summed E-state index contributed by atoms with van der Waals surface area (Å²) in [6, 6.07) is 11.6. The van der Waals surface area contributed by atoms with Crippen molar-refractivity contribution in [1.29, 1.82) is 0 Å². The zero-order chi connectivity index (χ0) is 26.2. The molecule has 0 spiro atoms. The molecule has 1 fully saturated rings. The fraction of sp³-hybridized carbons (Fsp3) is 0.280. The van der Waals surface area contributed by atoms with Crippen LogP contribution >= 0.6 is 11.3 Å². The van der Waals surface area contributed by atoms with E-state index in [-0.39, 0.29) is 11.8 Å². The Kier molecular flexibility index (Phi) is 6.69. The fourth-order valence-corrected chi connectivity index (χ4v) is 4.97. The zero-order valence-electron chi connectivity index (χ0n) is 19.6. The molecular formula is C25H22F3N5O3S. The van der Waals surface area contributed by atoms with Crippen molar-refractivity contribution < 1.29 is 27.8 Å². The van der Waals surface area contributed by atoms with Gasteiger partial charge in [-0.05, 0) is 37.1 Å². The molecule has 0 saturated carbocycles. The largest absolute Gasteiger partial charge is 0.437 e. The van der Waals surface area contributed by atoms with Gasteiger partial charge in [-0.1, -0.05) is 29.5 Å². The molecular weight excluding hydrogens is 507 g/mol. The van der Waals surface area contributed by atoms with Crippen LogP contribution in [0.4, 0.5) is 24.3 Å². The number of fused-ring (bicyclic) bond motifs is 1. The van der Waals surface area contributed by atoms with E-state index < -0.39 is 17.8 Å². The molecule has 2 aromatic heterocycles. The number of piperidine rings is 1. The van der Waals surface area contributed by atoms with E-state index in [0.29, 0.717) is 53.1 Å². The number of hydrogen-bond donors (Lipinski definition) is 2. The Hall–Kier alpha value is -3.77. The van der Waals surface area contributed by atoms with Gasteiger partial charge in [0.25, 0.3) is 0 Å². The number of anilines is 2. The van der Waals surface area contributed by atoms with Crippen LogP contribution in [0.3, 0.4) is 0 Å². The number of carbonyl (C=O) groups excluding carboxylic acids is 1. The average Bonchev–Trinajstić information content (AvgIpc) is 3.26. The molecule has 2 aromatic carbocycles. The smallest absolute Gasteiger partial charge is 0.416 e. The van der Waals surface area contributed by atoms with Crippen LogP contribution in [0.15, 0.2) is 48.5 Å². The first kappa shape index (κ1) is 24.9. The van der Waals surface area contributed by atoms with Gasteiger partial charge in [-0.15, -0.1) is 0 Å². The van der Waals surface area contributed by atoms with Gasteiger partial charge in [0.05, 0.1) is 22.1 Å². The summed E-state index contributed by atoms with van der Waals surface area (Å²) >= 11 is 1.30. The van der Waals surface area contributed by atoms with Crippen molar-refractivity contribution >= 4 is 38.5 Å². The Morgan fingerprint density at radius 3 is 2.65 bits per heavy atom. The molecule has 0 aliphatic carbocycles. The lowest BCUT2D eigenvalue weighted by Crippen LogP contribution is -2.39. The Labute approximate surface area is 213 Å². The number of benzene rings is 2. The van der Waals surface area contributed by atoms with E-state index in [0.717, 1.165) is 23.3 Å². The van der Waals surface area contributed by atoms with Gasteiger partial charge in [0.15, 0.2) is 10.9 Å². The van der Waals surface area contributed by atoms with Crippen LogP contribution in [0.5, 0.6) is 11.6 Å². The maximum Gasteiger partial charge on any atom is 0.416 e. The predicted octanol–water partition coefficient (Wildman–Crippen LogP) is 5.48. The first-order valence-electron chi connectivity index (χ1n) is 11.5. The minimum atomic E-state index is -4.45. The second kappa shape index (κ2) is 9.94. The molecule has 1 aliphatic rings. The summed E-state index contributed by atoms with van der Waals surface area (Å²) in [5.41, 5.74) is 0.601. The summed E-state index contributed by atoms with van der Waals surface area (Å²) in [7, 11) is 0. The number of nitrogens with one attached hydrogen (secondary N) is 1. The average molecular weight is 530 g/mol. The Morgan fingerprint density at radius 1 is 1.16 bits per heavy atom. The number of halogens is 3. The van der Waals surface area contributed by atoms with Gasteiger partial charge in [-0.2, -0.15) is 18.2 Å². The van der Waals surface area contributed by atoms with Gasteiger partial charge in [-0.3, -0.25) is 4.79 Å². The van der Waals surface area contributed by atoms with E-state index in [1.54, 1.807) is 18.2 Å². The highest BCUT2D eigenvalue weighted by molar-refractivity contribution is 7.22. The normalized spacial score (nSPS) is 16.1. The lowest BCUT2D eigenvalue weighted by molar-refractivity contribution is -0.137. The fourth-order valence-electron chi connectivity index (χ4n) is 4.04. The van der Waals surface area contributed by atoms with Gasteiger partial charge in [0.1, 0.15) is 5.52 Å². The number of alkyl halides is 3. The highest BCUT2D eigenvalue weighted by atomic mass is 32.1. The lowest BCUT2D eigenvalue weighted by Gasteiger charge is -2.30. The molecule has 4 aromatic rings. The third kappa shape index (κ3) is 5.65. The van der Waals surface area contributed by atoms with Crippen molar-refractivity contribution in [3.05, 3.63) is 54.1 Å². The number of aliphatic hydroxyl groups is 1. The predicted molar refractivity (Wildman–Crippen MR) is 134 cm³/mol. The lowest BCUT2D eigenvalue weighted by atomic mass is 10.1. The second-order valence-electron chi connectivity index (χ2n) is 8.61. The minimum absolute atomic E-state index is 0.168. The Bertz CT molecular complexity index is 1440. The topological polar surface area (TPSA) is 100 Å². The third-order valence-corrected chi connectivity index (χ3v) is 6.69. The molecule has 0 radical (unpaired) electrons. The van der Waals surface area contributed by atoms with Crippen molar-refractivity contribution in [2.45, 2.75) is 32.0 Å². The Balaban J connectivity index is 1.54. The number of nitrogens with zero attached hydrogens (tertiary/aromatic N) is 4. The maximum atomic E-state index is 13.1. The van der Waals surface area contributed by atoms with Gasteiger partial charge in [-0.25, -0.2) is 9.97 Å². The number of carbonyl (C=O) groups is 1. The van der Waals surface area contributed by atoms with Crippen molar-refractivity contribution in [2.24, 2.45) is 0 Å². The van der Waals surface area contributed by atoms with Gasteiger partial charge in [0.2, 0.25) is 17.7 Å². The van der Waals surface area contributed by atoms with Gasteiger partial charge in [0, 0.05) is 31.6 Å². The summed E-state index contributed by atoms with van der Waals surface area (Å²) in [6.45, 7) is 2.35. The van der Waals surface area contributed by atoms with Crippen LogP contribution in [0.25, 0.3) is 21.5 Å². The van der Waals surface area contributed by atoms with Gasteiger partial charge >= 0.3 is 6.18 Å². The number of rotatable bonds is 5. The van der Waals surface area contributed by atoms with Crippen LogP contribution < -0.4 is 15.0 Å². The second-order valence-corrected chi connectivity index (χ2v) is 9.64. The molecule has 3 heterocycles. The summed E-state index contributed by atoms with van der Waals surface area (Å²) in [4.78, 5) is 26.8. The van der Waals surface area contributed by atoms with Crippen LogP contribution in [0.1, 0.15) is 25.3 Å². The van der Waals surface area contributed by atoms with Crippen molar-refractivity contribution in [3.63, 3.8) is 0 Å². The molecule has 192 valence electrons. The number of aliphatic hydroxyl groups excluding tert-OH is 1. The Morgan fingerprint density at radius 2 is 1.95 bits per heavy atom. The number of amides is 1. The van der Waals surface area contributed by atoms with Crippen molar-refractivity contribution in [1.82, 2.24) is 15.0 Å². The summed E-state index contributed by atoms with van der Waals surface area (Å²) in [5, 5.41) is 13.2. The molecule has 5 rings (SSSR count). The minimum Gasteiger partial charge on any atom is -0.437 e. The van der Waals surface area contributed by atoms with E-state index in [2.05, 4.69) is 20.3 Å². The molecule has 8 nitrogen and oxygen atoms in total. The molecule has 12 heteroatoms. The van der Waals surface area contributed by atoms with Crippen LogP contribution in [0, 0.1) is 0 Å². The maximum absolute atomic E-state index is 13.1. The molecule has 0 unspecified atom stereocenters. The van der Waals surface area contributed by atoms with Crippen LogP contribution in [0.2, 0.25) is 0 Å². The van der Waals surface area contributed by atoms with E-state index in [1.165, 1.54) is 30.4 Å². The summed E-state index contributed by atoms with van der Waals surface area (Å²) in [5.74, 6) is 0.621. The van der Waals surface area contributed by atoms with E-state index in [4.69, 9.17) is 4.74 Å². The third-order valence-electron chi connectivity index (χ3n) is 5.76. The monoisotopic (exact) mass is 529 g/mol. The molecule has 1 aliphatic heterocycles. The van der Waals surface area contributed by atoms with E-state index >= 15 is 0 Å². The number of thiazole rings is 1. The molecule has 37 heavy (non-hydrogen) atoms. The number of aromatic nitrogens is 3. The zero-order valence-corrected chi connectivity index (χ0v) is 20.4. The first-order chi connectivity index (χ1) is 17.7. The SMILES string of the molecule is CC(=O)Nc1nc2c(Oc3cc(-c4ccc(C(F)(F)F)cc4)nc(N4CCC[C@H](O)C4)n3)cccc2s1. The van der Waals surface area contributed by atoms with Crippen LogP contribution in [-0.4, -0.2) is 45.2 Å². The van der Waals surface area contributed by atoms with E-state index in [1.807, 2.05) is 11.0 Å². The summed E-state index contributed by atoms with van der Waals surface area (Å²) in [6.07, 6.45) is -3.57. The van der Waals surface area contributed by atoms with Crippen LogP contribution in [-0.2, 0) is 11.0 Å². The summed E-state index contributed by atoms with van der Waals surface area (Å²) < 4.78 is 46.1. The first-order valence-corrected chi connectivity index (χ1v) is 12.3.